The predicted octanol–water partition coefficient (Wildman–Crippen LogP) is 0.0482. The van der Waals surface area contributed by atoms with E-state index in [0.29, 0.717) is 6.54 Å². The van der Waals surface area contributed by atoms with E-state index in [-0.39, 0.29) is 31.0 Å². The van der Waals surface area contributed by atoms with Crippen LogP contribution < -0.4 is 15.4 Å². The average molecular weight is 303 g/mol. The summed E-state index contributed by atoms with van der Waals surface area (Å²) in [6.45, 7) is 0.0550. The van der Waals surface area contributed by atoms with Crippen molar-refractivity contribution >= 4 is 17.8 Å². The predicted molar refractivity (Wildman–Crippen MR) is 77.3 cm³/mol. The number of fused-ring (bicyclic) bond motifs is 1. The third-order valence-corrected chi connectivity index (χ3v) is 3.77. The fourth-order valence-corrected chi connectivity index (χ4v) is 2.57. The molecule has 0 unspecified atom stereocenters. The van der Waals surface area contributed by atoms with Crippen molar-refractivity contribution in [2.24, 2.45) is 0 Å². The molecular weight excluding hydrogens is 286 g/mol. The summed E-state index contributed by atoms with van der Waals surface area (Å²) in [6, 6.07) is 7.31. The van der Waals surface area contributed by atoms with Gasteiger partial charge < -0.3 is 15.4 Å². The van der Waals surface area contributed by atoms with Gasteiger partial charge in [-0.1, -0.05) is 18.2 Å². The number of nitrogens with one attached hydrogen (secondary N) is 2. The summed E-state index contributed by atoms with van der Waals surface area (Å²) in [5.41, 5.74) is 1.17. The molecule has 0 radical (unpaired) electrons. The monoisotopic (exact) mass is 303 g/mol. The van der Waals surface area contributed by atoms with E-state index in [0.717, 1.165) is 23.5 Å². The summed E-state index contributed by atoms with van der Waals surface area (Å²) in [7, 11) is 0. The van der Waals surface area contributed by atoms with Gasteiger partial charge in [0, 0.05) is 0 Å². The Labute approximate surface area is 127 Å². The molecule has 0 saturated carbocycles. The Morgan fingerprint density at radius 3 is 2.95 bits per heavy atom. The van der Waals surface area contributed by atoms with Crippen molar-refractivity contribution in [1.82, 2.24) is 15.5 Å². The Morgan fingerprint density at radius 1 is 1.36 bits per heavy atom. The van der Waals surface area contributed by atoms with Gasteiger partial charge in [-0.25, -0.2) is 4.79 Å². The molecule has 1 fully saturated rings. The van der Waals surface area contributed by atoms with Gasteiger partial charge in [-0.3, -0.25) is 14.5 Å². The molecule has 1 atom stereocenters. The summed E-state index contributed by atoms with van der Waals surface area (Å²) < 4.78 is 5.82. The van der Waals surface area contributed by atoms with Gasteiger partial charge in [0.15, 0.2) is 0 Å². The number of nitrogens with zero attached hydrogens (tertiary/aromatic N) is 1. The molecule has 2 aliphatic heterocycles. The largest absolute Gasteiger partial charge is 0.488 e. The topological polar surface area (TPSA) is 87.7 Å². The van der Waals surface area contributed by atoms with Crippen LogP contribution in [0.3, 0.4) is 0 Å². The van der Waals surface area contributed by atoms with Crippen LogP contribution in [0.1, 0.15) is 12.0 Å². The van der Waals surface area contributed by atoms with E-state index in [1.54, 1.807) is 0 Å². The summed E-state index contributed by atoms with van der Waals surface area (Å²) in [4.78, 5) is 35.5. The number of aryl methyl sites for hydroxylation is 1. The Kier molecular flexibility index (Phi) is 3.95. The van der Waals surface area contributed by atoms with Crippen LogP contribution in [0, 0.1) is 0 Å². The summed E-state index contributed by atoms with van der Waals surface area (Å²) >= 11 is 0. The fraction of sp³-hybridized carbons (Fsp3) is 0.400. The maximum Gasteiger partial charge on any atom is 0.325 e. The zero-order chi connectivity index (χ0) is 15.5. The van der Waals surface area contributed by atoms with Crippen molar-refractivity contribution in [3.8, 4) is 5.75 Å². The molecule has 0 aromatic heterocycles. The first-order chi connectivity index (χ1) is 10.6. The first kappa shape index (κ1) is 14.4. The number of urea groups is 1. The van der Waals surface area contributed by atoms with Crippen LogP contribution in [0.4, 0.5) is 4.79 Å². The van der Waals surface area contributed by atoms with Crippen LogP contribution in [0.2, 0.25) is 0 Å². The maximum absolute atomic E-state index is 11.8. The second kappa shape index (κ2) is 6.05. The van der Waals surface area contributed by atoms with Crippen LogP contribution >= 0.6 is 0 Å². The maximum atomic E-state index is 11.8. The lowest BCUT2D eigenvalue weighted by molar-refractivity contribution is -0.130. The minimum absolute atomic E-state index is 0.0470. The highest BCUT2D eigenvalue weighted by Gasteiger charge is 2.30. The first-order valence-electron chi connectivity index (χ1n) is 7.23. The molecule has 22 heavy (non-hydrogen) atoms. The standard InChI is InChI=1S/C15H17N3O4/c19-13(9-18-14(20)8-17-15(18)21)16-7-11-6-5-10-3-1-2-4-12(10)22-11/h1-4,11H,5-9H2,(H,16,19)(H,17,21)/t11-/m1/s1. The minimum atomic E-state index is -0.525. The van der Waals surface area contributed by atoms with Crippen LogP contribution in [0.25, 0.3) is 0 Å². The lowest BCUT2D eigenvalue weighted by Crippen LogP contribution is -2.44. The van der Waals surface area contributed by atoms with Gasteiger partial charge in [0.05, 0.1) is 13.1 Å². The highest BCUT2D eigenvalue weighted by atomic mass is 16.5. The zero-order valence-corrected chi connectivity index (χ0v) is 12.0. The minimum Gasteiger partial charge on any atom is -0.488 e. The van der Waals surface area contributed by atoms with E-state index >= 15 is 0 Å². The molecule has 2 N–H and O–H groups in total. The number of hydrogen-bond acceptors (Lipinski definition) is 4. The highest BCUT2D eigenvalue weighted by molar-refractivity contribution is 6.04. The molecule has 0 aliphatic carbocycles. The van der Waals surface area contributed by atoms with Crippen molar-refractivity contribution in [1.29, 1.82) is 0 Å². The molecule has 116 valence electrons. The lowest BCUT2D eigenvalue weighted by atomic mass is 10.0. The quantitative estimate of drug-likeness (QED) is 0.769. The van der Waals surface area contributed by atoms with E-state index in [1.165, 1.54) is 5.56 Å². The second-order valence-electron chi connectivity index (χ2n) is 5.33. The average Bonchev–Trinajstić information content (AvgIpc) is 2.84. The third kappa shape index (κ3) is 3.03. The summed E-state index contributed by atoms with van der Waals surface area (Å²) in [6.07, 6.45) is 1.63. The fourth-order valence-electron chi connectivity index (χ4n) is 2.57. The molecule has 4 amide bonds. The Bertz CT molecular complexity index is 601. The van der Waals surface area contributed by atoms with Crippen LogP contribution in [-0.2, 0) is 16.0 Å². The number of imide groups is 1. The lowest BCUT2D eigenvalue weighted by Gasteiger charge is -2.26. The van der Waals surface area contributed by atoms with Crippen molar-refractivity contribution in [2.45, 2.75) is 18.9 Å². The molecular formula is C15H17N3O4. The molecule has 1 aromatic rings. The molecule has 1 saturated heterocycles. The van der Waals surface area contributed by atoms with E-state index in [2.05, 4.69) is 10.6 Å². The van der Waals surface area contributed by atoms with E-state index < -0.39 is 6.03 Å². The Morgan fingerprint density at radius 2 is 2.18 bits per heavy atom. The van der Waals surface area contributed by atoms with Gasteiger partial charge in [0.2, 0.25) is 5.91 Å². The van der Waals surface area contributed by atoms with Gasteiger partial charge in [-0.05, 0) is 24.5 Å². The Balaban J connectivity index is 1.48. The zero-order valence-electron chi connectivity index (χ0n) is 12.0. The van der Waals surface area contributed by atoms with Crippen molar-refractivity contribution < 1.29 is 19.1 Å². The van der Waals surface area contributed by atoms with Crippen molar-refractivity contribution in [3.63, 3.8) is 0 Å². The normalized spacial score (nSPS) is 20.2. The smallest absolute Gasteiger partial charge is 0.325 e. The number of benzene rings is 1. The van der Waals surface area contributed by atoms with E-state index in [4.69, 9.17) is 4.74 Å². The second-order valence-corrected chi connectivity index (χ2v) is 5.33. The summed E-state index contributed by atoms with van der Waals surface area (Å²) in [5, 5.41) is 5.09. The molecule has 7 nitrogen and oxygen atoms in total. The first-order valence-corrected chi connectivity index (χ1v) is 7.23. The van der Waals surface area contributed by atoms with Gasteiger partial charge in [-0.2, -0.15) is 0 Å². The number of carbonyl (C=O) groups is 3. The number of hydrogen-bond donors (Lipinski definition) is 2. The molecule has 7 heteroatoms. The Hall–Kier alpha value is -2.57. The van der Waals surface area contributed by atoms with Crippen LogP contribution in [0.5, 0.6) is 5.75 Å². The molecule has 0 bridgehead atoms. The molecule has 0 spiro atoms. The molecule has 1 aromatic carbocycles. The highest BCUT2D eigenvalue weighted by Crippen LogP contribution is 2.26. The van der Waals surface area contributed by atoms with Gasteiger partial charge >= 0.3 is 6.03 Å². The van der Waals surface area contributed by atoms with Crippen LogP contribution in [-0.4, -0.2) is 48.5 Å². The van der Waals surface area contributed by atoms with Crippen molar-refractivity contribution in [2.75, 3.05) is 19.6 Å². The number of carbonyl (C=O) groups excluding carboxylic acids is 3. The summed E-state index contributed by atoms with van der Waals surface area (Å²) in [5.74, 6) is 0.0953. The molecule has 3 rings (SSSR count). The number of amides is 4. The van der Waals surface area contributed by atoms with Crippen molar-refractivity contribution in [3.05, 3.63) is 29.8 Å². The third-order valence-electron chi connectivity index (χ3n) is 3.77. The van der Waals surface area contributed by atoms with Crippen LogP contribution in [0.15, 0.2) is 24.3 Å². The SMILES string of the molecule is O=C(CN1C(=O)CNC1=O)NC[C@H]1CCc2ccccc2O1. The number of para-hydroxylation sites is 1. The van der Waals surface area contributed by atoms with E-state index in [1.807, 2.05) is 24.3 Å². The molecule has 2 aliphatic rings. The van der Waals surface area contributed by atoms with Gasteiger partial charge in [-0.15, -0.1) is 0 Å². The van der Waals surface area contributed by atoms with E-state index in [9.17, 15) is 14.4 Å². The number of ether oxygens (including phenoxy) is 1. The number of rotatable bonds is 4. The van der Waals surface area contributed by atoms with Gasteiger partial charge in [0.25, 0.3) is 5.91 Å². The molecule has 2 heterocycles. The van der Waals surface area contributed by atoms with Gasteiger partial charge in [0.1, 0.15) is 18.4 Å².